The van der Waals surface area contributed by atoms with Gasteiger partial charge in [-0.15, -0.1) is 0 Å². The Balaban J connectivity index is 0. The van der Waals surface area contributed by atoms with Gasteiger partial charge in [0.05, 0.1) is 11.9 Å². The van der Waals surface area contributed by atoms with Crippen molar-refractivity contribution in [3.63, 3.8) is 0 Å². The Labute approximate surface area is 47.4 Å². The molecule has 0 atom stereocenters. The first-order valence-corrected chi connectivity index (χ1v) is 2.07. The van der Waals surface area contributed by atoms with Crippen molar-refractivity contribution in [3.8, 4) is 0 Å². The standard InChI is InChI=1S/C3H5Cl.ClHO/c1-2-3-4;1-2/h2-3H,1H3;2H. The van der Waals surface area contributed by atoms with Crippen LogP contribution in [0, 0.1) is 0 Å². The van der Waals surface area contributed by atoms with Crippen LogP contribution in [-0.4, -0.2) is 4.66 Å². The van der Waals surface area contributed by atoms with Gasteiger partial charge in [0.2, 0.25) is 0 Å². The van der Waals surface area contributed by atoms with Crippen LogP contribution >= 0.6 is 23.5 Å². The van der Waals surface area contributed by atoms with Gasteiger partial charge in [-0.2, -0.15) is 0 Å². The highest BCUT2D eigenvalue weighted by Crippen LogP contribution is 1.70. The van der Waals surface area contributed by atoms with Crippen LogP contribution in [0.15, 0.2) is 11.6 Å². The molecule has 0 aromatic carbocycles. The molecule has 0 aliphatic rings. The summed E-state index contributed by atoms with van der Waals surface area (Å²) in [6, 6.07) is 0. The second-order valence-corrected chi connectivity index (χ2v) is 0.711. The smallest absolute Gasteiger partial charge is 0.0579 e. The van der Waals surface area contributed by atoms with E-state index in [1.54, 1.807) is 6.08 Å². The molecule has 0 aromatic heterocycles. The predicted octanol–water partition coefficient (Wildman–Crippen LogP) is 1.89. The zero-order chi connectivity index (χ0) is 5.41. The van der Waals surface area contributed by atoms with Gasteiger partial charge >= 0.3 is 0 Å². The predicted molar refractivity (Wildman–Crippen MR) is 28.7 cm³/mol. The largest absolute Gasteiger partial charge is 0.295 e. The molecular weight excluding hydrogens is 123 g/mol. The third kappa shape index (κ3) is 28.1. The summed E-state index contributed by atoms with van der Waals surface area (Å²) >= 11 is 8.64. The molecule has 38 valence electrons. The molecule has 0 aliphatic carbocycles. The van der Waals surface area contributed by atoms with E-state index in [0.29, 0.717) is 0 Å². The molecule has 0 saturated carbocycles. The minimum absolute atomic E-state index is 1.47. The van der Waals surface area contributed by atoms with Crippen LogP contribution in [0.3, 0.4) is 0 Å². The molecule has 0 aromatic rings. The van der Waals surface area contributed by atoms with Gasteiger partial charge in [0, 0.05) is 0 Å². The molecule has 0 amide bonds. The van der Waals surface area contributed by atoms with Crippen LogP contribution in [0.5, 0.6) is 0 Å². The van der Waals surface area contributed by atoms with Gasteiger partial charge in [-0.3, -0.25) is 4.66 Å². The summed E-state index contributed by atoms with van der Waals surface area (Å²) in [6.07, 6.45) is 1.77. The van der Waals surface area contributed by atoms with Crippen LogP contribution < -0.4 is 0 Å². The lowest BCUT2D eigenvalue weighted by molar-refractivity contribution is 0.632. The molecule has 0 spiro atoms. The lowest BCUT2D eigenvalue weighted by atomic mass is 10.8. The summed E-state index contributed by atoms with van der Waals surface area (Å²) in [7, 11) is 0. The topological polar surface area (TPSA) is 20.2 Å². The van der Waals surface area contributed by atoms with Gasteiger partial charge in [-0.05, 0) is 12.5 Å². The van der Waals surface area contributed by atoms with Crippen LogP contribution in [-0.2, 0) is 0 Å². The maximum Gasteiger partial charge on any atom is 0.0579 e. The van der Waals surface area contributed by atoms with Gasteiger partial charge in [0.1, 0.15) is 0 Å². The number of rotatable bonds is 0. The third-order valence-corrected chi connectivity index (χ3v) is 0.378. The Morgan fingerprint density at radius 2 is 1.67 bits per heavy atom. The number of hydrogen-bond donors (Lipinski definition) is 1. The summed E-state index contributed by atoms with van der Waals surface area (Å²) in [6.45, 7) is 1.87. The van der Waals surface area contributed by atoms with E-state index in [9.17, 15) is 0 Å². The van der Waals surface area contributed by atoms with Gasteiger partial charge < -0.3 is 0 Å². The van der Waals surface area contributed by atoms with E-state index < -0.39 is 0 Å². The maximum atomic E-state index is 6.47. The van der Waals surface area contributed by atoms with Crippen molar-refractivity contribution >= 4 is 23.5 Å². The highest BCUT2D eigenvalue weighted by molar-refractivity contribution is 6.25. The number of halogens is 2. The monoisotopic (exact) mass is 128 g/mol. The van der Waals surface area contributed by atoms with E-state index in [0.717, 1.165) is 0 Å². The van der Waals surface area contributed by atoms with Crippen LogP contribution in [0.4, 0.5) is 0 Å². The second-order valence-electron chi connectivity index (χ2n) is 0.459. The van der Waals surface area contributed by atoms with E-state index in [2.05, 4.69) is 11.9 Å². The average molecular weight is 129 g/mol. The minimum atomic E-state index is 1.47. The summed E-state index contributed by atoms with van der Waals surface area (Å²) < 4.78 is 6.47. The lowest BCUT2D eigenvalue weighted by Gasteiger charge is -1.46. The van der Waals surface area contributed by atoms with Gasteiger partial charge in [-0.1, -0.05) is 17.7 Å². The Morgan fingerprint density at radius 3 is 1.67 bits per heavy atom. The van der Waals surface area contributed by atoms with Crippen molar-refractivity contribution in [1.29, 1.82) is 0 Å². The molecule has 0 rings (SSSR count). The Morgan fingerprint density at radius 1 is 1.50 bits per heavy atom. The molecule has 3 heteroatoms. The number of hydrogen-bond acceptors (Lipinski definition) is 1. The molecule has 0 fully saturated rings. The fourth-order valence-electron chi connectivity index (χ4n) is 0. The van der Waals surface area contributed by atoms with Crippen molar-refractivity contribution in [1.82, 2.24) is 0 Å². The van der Waals surface area contributed by atoms with Crippen molar-refractivity contribution in [2.75, 3.05) is 0 Å². The van der Waals surface area contributed by atoms with Gasteiger partial charge in [0.15, 0.2) is 0 Å². The van der Waals surface area contributed by atoms with Crippen molar-refractivity contribution in [2.24, 2.45) is 0 Å². The minimum Gasteiger partial charge on any atom is -0.295 e. The fraction of sp³-hybridized carbons (Fsp3) is 0.333. The zero-order valence-corrected chi connectivity index (χ0v) is 4.87. The quantitative estimate of drug-likeness (QED) is 0.529. The summed E-state index contributed by atoms with van der Waals surface area (Å²) in [5.74, 6) is 0. The number of allylic oxidation sites excluding steroid dienone is 1. The maximum absolute atomic E-state index is 6.47. The first-order valence-electron chi connectivity index (χ1n) is 1.30. The molecule has 6 heavy (non-hydrogen) atoms. The molecule has 1 N–H and O–H groups in total. The fourth-order valence-corrected chi connectivity index (χ4v) is 0. The lowest BCUT2D eigenvalue weighted by Crippen LogP contribution is -1.20. The summed E-state index contributed by atoms with van der Waals surface area (Å²) in [5.41, 5.74) is 1.47. The molecule has 0 bridgehead atoms. The summed E-state index contributed by atoms with van der Waals surface area (Å²) in [5, 5.41) is 0. The SMILES string of the molecule is CC=CCl.OCl. The van der Waals surface area contributed by atoms with Crippen LogP contribution in [0.2, 0.25) is 0 Å². The summed E-state index contributed by atoms with van der Waals surface area (Å²) in [4.78, 5) is 0. The normalized spacial score (nSPS) is 7.33. The molecule has 0 aliphatic heterocycles. The molecule has 0 saturated heterocycles. The van der Waals surface area contributed by atoms with Crippen LogP contribution in [0.25, 0.3) is 0 Å². The first kappa shape index (κ1) is 9.56. The van der Waals surface area contributed by atoms with E-state index in [-0.39, 0.29) is 0 Å². The Bertz CT molecular complexity index is 24.0. The third-order valence-electron chi connectivity index (χ3n) is 0.126. The molecule has 0 unspecified atom stereocenters. The van der Waals surface area contributed by atoms with E-state index in [1.807, 2.05) is 6.92 Å². The van der Waals surface area contributed by atoms with Gasteiger partial charge in [-0.25, -0.2) is 0 Å². The molecular formula is C3H6Cl2O. The van der Waals surface area contributed by atoms with Crippen LogP contribution in [0.1, 0.15) is 6.92 Å². The van der Waals surface area contributed by atoms with Crippen molar-refractivity contribution in [3.05, 3.63) is 11.6 Å². The Hall–Kier alpha value is 0.280. The van der Waals surface area contributed by atoms with E-state index >= 15 is 0 Å². The average Bonchev–Trinajstić information content (AvgIpc) is 1.72. The zero-order valence-electron chi connectivity index (χ0n) is 3.36. The van der Waals surface area contributed by atoms with E-state index in [1.165, 1.54) is 5.54 Å². The highest BCUT2D eigenvalue weighted by Gasteiger charge is 1.37. The van der Waals surface area contributed by atoms with Crippen molar-refractivity contribution in [2.45, 2.75) is 6.92 Å². The molecule has 0 radical (unpaired) electrons. The molecule has 1 nitrogen and oxygen atoms in total. The molecule has 0 heterocycles. The van der Waals surface area contributed by atoms with Crippen molar-refractivity contribution < 1.29 is 4.66 Å². The Kier molecular flexibility index (Phi) is 29.6. The van der Waals surface area contributed by atoms with Gasteiger partial charge in [0.25, 0.3) is 0 Å². The second kappa shape index (κ2) is 18.6. The first-order chi connectivity index (χ1) is 2.91. The highest BCUT2D eigenvalue weighted by atomic mass is 35.5. The van der Waals surface area contributed by atoms with E-state index in [4.69, 9.17) is 16.3 Å².